The van der Waals surface area contributed by atoms with Crippen molar-refractivity contribution in [2.24, 2.45) is 0 Å². The molecule has 1 amide bonds. The first-order valence-corrected chi connectivity index (χ1v) is 16.7. The van der Waals surface area contributed by atoms with Gasteiger partial charge in [0, 0.05) is 23.7 Å². The molecule has 0 saturated carbocycles. The molecule has 0 atom stereocenters. The van der Waals surface area contributed by atoms with Crippen LogP contribution in [0.25, 0.3) is 44.5 Å². The molecule has 0 aliphatic rings. The van der Waals surface area contributed by atoms with Crippen LogP contribution in [-0.2, 0) is 22.4 Å². The summed E-state index contributed by atoms with van der Waals surface area (Å²) in [5.41, 5.74) is 6.64. The van der Waals surface area contributed by atoms with Crippen molar-refractivity contribution in [1.82, 2.24) is 15.5 Å². The highest BCUT2D eigenvalue weighted by Crippen LogP contribution is 2.37. The van der Waals surface area contributed by atoms with E-state index in [-0.39, 0.29) is 47.8 Å². The summed E-state index contributed by atoms with van der Waals surface area (Å²) in [5.74, 6) is 1.47. The number of non-ortho nitro benzene ring substituents is 1. The lowest BCUT2D eigenvalue weighted by Crippen LogP contribution is -2.16. The first kappa shape index (κ1) is 35.1. The molecule has 7 rings (SSSR count). The zero-order chi connectivity index (χ0) is 37.6. The molecule has 0 bridgehead atoms. The highest BCUT2D eigenvalue weighted by Gasteiger charge is 2.23. The molecule has 0 spiro atoms. The van der Waals surface area contributed by atoms with E-state index in [0.29, 0.717) is 39.9 Å². The minimum absolute atomic E-state index is 0.00835. The SMILES string of the molecule is COc1ccc(-c2noc(CC(=O)Nc3ccc(-c4ccc(CC(=O)CNc5ccc([N+](=O)[O-])c6nonc56)cc4)cc3)c2-c2ccc(OC)cc2)cc1. The molecule has 14 nitrogen and oxygen atoms in total. The van der Waals surface area contributed by atoms with E-state index in [9.17, 15) is 19.7 Å². The lowest BCUT2D eigenvalue weighted by atomic mass is 9.97. The van der Waals surface area contributed by atoms with Crippen LogP contribution in [-0.4, -0.2) is 52.8 Å². The highest BCUT2D eigenvalue weighted by molar-refractivity contribution is 5.96. The molecular formula is C40H32N6O8. The molecule has 7 aromatic rings. The van der Waals surface area contributed by atoms with Gasteiger partial charge in [0.05, 0.1) is 43.4 Å². The monoisotopic (exact) mass is 724 g/mol. The number of hydrogen-bond donors (Lipinski definition) is 2. The van der Waals surface area contributed by atoms with E-state index >= 15 is 0 Å². The predicted molar refractivity (Wildman–Crippen MR) is 200 cm³/mol. The van der Waals surface area contributed by atoms with Crippen LogP contribution in [0.3, 0.4) is 0 Å². The zero-order valence-corrected chi connectivity index (χ0v) is 29.1. The van der Waals surface area contributed by atoms with Crippen molar-refractivity contribution < 1.29 is 33.1 Å². The van der Waals surface area contributed by atoms with E-state index in [2.05, 4.69) is 30.7 Å². The van der Waals surface area contributed by atoms with Gasteiger partial charge in [-0.25, -0.2) is 4.63 Å². The second-order valence-corrected chi connectivity index (χ2v) is 12.2. The van der Waals surface area contributed by atoms with Crippen molar-refractivity contribution in [3.8, 4) is 45.0 Å². The molecule has 0 radical (unpaired) electrons. The molecule has 54 heavy (non-hydrogen) atoms. The van der Waals surface area contributed by atoms with Crippen LogP contribution in [0.15, 0.2) is 118 Å². The Labute approximate surface area is 307 Å². The average Bonchev–Trinajstić information content (AvgIpc) is 3.86. The number of carbonyl (C=O) groups is 2. The second-order valence-electron chi connectivity index (χ2n) is 12.2. The van der Waals surface area contributed by atoms with E-state index in [0.717, 1.165) is 27.8 Å². The van der Waals surface area contributed by atoms with Gasteiger partial charge < -0.3 is 24.6 Å². The van der Waals surface area contributed by atoms with Gasteiger partial charge in [-0.05, 0) is 87.2 Å². The predicted octanol–water partition coefficient (Wildman–Crippen LogP) is 7.54. The molecule has 2 N–H and O–H groups in total. The molecule has 5 aromatic carbocycles. The number of methoxy groups -OCH3 is 2. The maximum Gasteiger partial charge on any atom is 0.300 e. The standard InChI is InChI=1S/C40H32N6O8/c1-51-31-15-9-27(10-16-31)37-35(53-43-38(37)28-11-17-32(52-2)18-12-28)22-36(48)42-29-13-7-26(8-14-29)25-5-3-24(4-6-25)21-30(47)23-41-33-19-20-34(46(49)50)40-39(33)44-54-45-40/h3-20,41H,21-23H2,1-2H3,(H,42,48). The van der Waals surface area contributed by atoms with Gasteiger partial charge in [-0.3, -0.25) is 19.7 Å². The summed E-state index contributed by atoms with van der Waals surface area (Å²) in [4.78, 5) is 36.7. The van der Waals surface area contributed by atoms with E-state index in [1.165, 1.54) is 12.1 Å². The van der Waals surface area contributed by atoms with E-state index in [4.69, 9.17) is 14.0 Å². The number of hydrogen-bond acceptors (Lipinski definition) is 12. The Morgan fingerprint density at radius 1 is 0.704 bits per heavy atom. The lowest BCUT2D eigenvalue weighted by molar-refractivity contribution is -0.383. The first-order chi connectivity index (χ1) is 26.3. The fourth-order valence-corrected chi connectivity index (χ4v) is 5.99. The lowest BCUT2D eigenvalue weighted by Gasteiger charge is -2.09. The third-order valence-corrected chi connectivity index (χ3v) is 8.75. The number of nitrogens with one attached hydrogen (secondary N) is 2. The van der Waals surface area contributed by atoms with Crippen molar-refractivity contribution in [1.29, 1.82) is 0 Å². The summed E-state index contributed by atoms with van der Waals surface area (Å²) < 4.78 is 21.1. The van der Waals surface area contributed by atoms with Crippen LogP contribution in [0.2, 0.25) is 0 Å². The van der Waals surface area contributed by atoms with E-state index in [1.54, 1.807) is 14.2 Å². The smallest absolute Gasteiger partial charge is 0.300 e. The molecule has 0 unspecified atom stereocenters. The Morgan fingerprint density at radius 2 is 1.30 bits per heavy atom. The molecule has 0 aliphatic carbocycles. The van der Waals surface area contributed by atoms with Crippen LogP contribution in [0, 0.1) is 10.1 Å². The summed E-state index contributed by atoms with van der Waals surface area (Å²) in [7, 11) is 3.21. The van der Waals surface area contributed by atoms with Crippen LogP contribution in [0.1, 0.15) is 11.3 Å². The van der Waals surface area contributed by atoms with Gasteiger partial charge in [0.1, 0.15) is 17.2 Å². The summed E-state index contributed by atoms with van der Waals surface area (Å²) in [6.07, 6.45) is 0.135. The number of amides is 1. The van der Waals surface area contributed by atoms with Crippen LogP contribution in [0.4, 0.5) is 17.1 Å². The van der Waals surface area contributed by atoms with Crippen LogP contribution in [0.5, 0.6) is 11.5 Å². The fourth-order valence-electron chi connectivity index (χ4n) is 5.99. The molecule has 14 heteroatoms. The summed E-state index contributed by atoms with van der Waals surface area (Å²) in [5, 5.41) is 28.8. The van der Waals surface area contributed by atoms with Crippen molar-refractivity contribution in [2.75, 3.05) is 31.4 Å². The molecule has 0 saturated heterocycles. The second kappa shape index (κ2) is 15.5. The van der Waals surface area contributed by atoms with Gasteiger partial charge >= 0.3 is 5.69 Å². The number of nitro groups is 1. The van der Waals surface area contributed by atoms with Crippen molar-refractivity contribution in [2.45, 2.75) is 12.8 Å². The van der Waals surface area contributed by atoms with Crippen LogP contribution >= 0.6 is 0 Å². The number of rotatable bonds is 14. The maximum atomic E-state index is 13.3. The third kappa shape index (κ3) is 7.62. The van der Waals surface area contributed by atoms with Gasteiger partial charge in [-0.1, -0.05) is 53.7 Å². The number of ether oxygens (including phenoxy) is 2. The zero-order valence-electron chi connectivity index (χ0n) is 29.1. The topological polar surface area (TPSA) is 185 Å². The Hall–Kier alpha value is -7.35. The van der Waals surface area contributed by atoms with Gasteiger partial charge in [-0.2, -0.15) is 0 Å². The van der Waals surface area contributed by atoms with E-state index in [1.807, 2.05) is 97.1 Å². The normalized spacial score (nSPS) is 10.9. The Kier molecular flexibility index (Phi) is 10.1. The summed E-state index contributed by atoms with van der Waals surface area (Å²) in [6, 6.07) is 32.8. The third-order valence-electron chi connectivity index (χ3n) is 8.75. The molecule has 0 aliphatic heterocycles. The molecule has 270 valence electrons. The number of ketones is 1. The minimum Gasteiger partial charge on any atom is -0.497 e. The van der Waals surface area contributed by atoms with Gasteiger partial charge in [0.15, 0.2) is 17.1 Å². The number of Topliss-reactive ketones (excluding diaryl/α,β-unsaturated/α-hetero) is 1. The first-order valence-electron chi connectivity index (χ1n) is 16.7. The van der Waals surface area contributed by atoms with Crippen molar-refractivity contribution >= 4 is 39.8 Å². The highest BCUT2D eigenvalue weighted by atomic mass is 16.6. The number of anilines is 2. The van der Waals surface area contributed by atoms with Crippen molar-refractivity contribution in [3.05, 3.63) is 131 Å². The quantitative estimate of drug-likeness (QED) is 0.0831. The minimum atomic E-state index is -0.570. The molecular weight excluding hydrogens is 692 g/mol. The number of fused-ring (bicyclic) bond motifs is 1. The largest absolute Gasteiger partial charge is 0.497 e. The number of aromatic nitrogens is 3. The Morgan fingerprint density at radius 3 is 1.93 bits per heavy atom. The Bertz CT molecular complexity index is 2440. The molecule has 2 heterocycles. The number of nitrogens with zero attached hydrogens (tertiary/aromatic N) is 4. The Balaban J connectivity index is 0.975. The number of benzene rings is 5. The number of carbonyl (C=O) groups excluding carboxylic acids is 2. The van der Waals surface area contributed by atoms with Gasteiger partial charge in [-0.15, -0.1) is 0 Å². The van der Waals surface area contributed by atoms with E-state index < -0.39 is 4.92 Å². The molecule has 2 aromatic heterocycles. The molecule has 0 fully saturated rings. The summed E-state index contributed by atoms with van der Waals surface area (Å²) in [6.45, 7) is -0.0161. The number of nitro benzene ring substituents is 1. The summed E-state index contributed by atoms with van der Waals surface area (Å²) >= 11 is 0. The van der Waals surface area contributed by atoms with Gasteiger partial charge in [0.2, 0.25) is 11.4 Å². The fraction of sp³-hybridized carbons (Fsp3) is 0.125. The average molecular weight is 725 g/mol. The van der Waals surface area contributed by atoms with Crippen LogP contribution < -0.4 is 20.1 Å². The van der Waals surface area contributed by atoms with Crippen molar-refractivity contribution in [3.63, 3.8) is 0 Å². The maximum absolute atomic E-state index is 13.3. The van der Waals surface area contributed by atoms with Gasteiger partial charge in [0.25, 0.3) is 0 Å².